The molecule has 0 spiro atoms. The Labute approximate surface area is 83.1 Å². The van der Waals surface area contributed by atoms with Crippen LogP contribution in [0.15, 0.2) is 18.3 Å². The van der Waals surface area contributed by atoms with E-state index in [-0.39, 0.29) is 5.97 Å². The molecule has 0 aliphatic carbocycles. The zero-order chi connectivity index (χ0) is 10.4. The second kappa shape index (κ2) is 5.34. The zero-order valence-electron chi connectivity index (χ0n) is 8.19. The van der Waals surface area contributed by atoms with Gasteiger partial charge in [0.2, 0.25) is 0 Å². The maximum atomic E-state index is 11.2. The normalized spacial score (nSPS) is 9.86. The molecule has 1 aromatic rings. The van der Waals surface area contributed by atoms with Crippen LogP contribution in [0.25, 0.3) is 0 Å². The summed E-state index contributed by atoms with van der Waals surface area (Å²) in [6.45, 7) is 2.71. The van der Waals surface area contributed by atoms with Crippen molar-refractivity contribution < 1.29 is 9.53 Å². The molecule has 0 unspecified atom stereocenters. The van der Waals surface area contributed by atoms with Crippen LogP contribution in [0, 0.1) is 0 Å². The average Bonchev–Trinajstić information content (AvgIpc) is 2.20. The Morgan fingerprint density at radius 1 is 1.57 bits per heavy atom. The van der Waals surface area contributed by atoms with Crippen LogP contribution in [0.5, 0.6) is 0 Å². The Bertz CT molecular complexity index is 295. The van der Waals surface area contributed by atoms with Crippen LogP contribution in [-0.2, 0) is 11.2 Å². The highest BCUT2D eigenvalue weighted by molar-refractivity contribution is 5.87. The van der Waals surface area contributed by atoms with E-state index >= 15 is 0 Å². The number of carbonyl (C=O) groups is 1. The molecule has 2 N–H and O–H groups in total. The fraction of sp³-hybridized carbons (Fsp3) is 0.400. The second-order valence-corrected chi connectivity index (χ2v) is 2.81. The molecule has 0 fully saturated rings. The van der Waals surface area contributed by atoms with E-state index in [0.717, 1.165) is 12.0 Å². The zero-order valence-corrected chi connectivity index (χ0v) is 8.19. The van der Waals surface area contributed by atoms with Gasteiger partial charge in [-0.3, -0.25) is 0 Å². The molecule has 0 amide bonds. The Morgan fingerprint density at radius 2 is 2.36 bits per heavy atom. The van der Waals surface area contributed by atoms with Crippen molar-refractivity contribution in [3.63, 3.8) is 0 Å². The van der Waals surface area contributed by atoms with E-state index in [4.69, 9.17) is 10.5 Å². The summed E-state index contributed by atoms with van der Waals surface area (Å²) in [5.41, 5.74) is 6.76. The van der Waals surface area contributed by atoms with E-state index in [1.165, 1.54) is 0 Å². The summed E-state index contributed by atoms with van der Waals surface area (Å²) in [5.74, 6) is -0.383. The SMILES string of the molecule is CCOC(=O)c1ccc(CCN)cn1. The largest absolute Gasteiger partial charge is 0.461 e. The predicted octanol–water partition coefficient (Wildman–Crippen LogP) is 0.760. The summed E-state index contributed by atoms with van der Waals surface area (Å²) in [6.07, 6.45) is 2.43. The van der Waals surface area contributed by atoms with Gasteiger partial charge in [0.15, 0.2) is 0 Å². The molecule has 0 aromatic carbocycles. The lowest BCUT2D eigenvalue weighted by Crippen LogP contribution is -2.08. The quantitative estimate of drug-likeness (QED) is 0.719. The lowest BCUT2D eigenvalue weighted by atomic mass is 10.2. The summed E-state index contributed by atoms with van der Waals surface area (Å²) in [6, 6.07) is 3.50. The van der Waals surface area contributed by atoms with E-state index in [0.29, 0.717) is 18.8 Å². The number of rotatable bonds is 4. The van der Waals surface area contributed by atoms with Crippen molar-refractivity contribution in [1.82, 2.24) is 4.98 Å². The molecule has 0 aliphatic rings. The van der Waals surface area contributed by atoms with Crippen LogP contribution < -0.4 is 5.73 Å². The maximum absolute atomic E-state index is 11.2. The predicted molar refractivity (Wildman–Crippen MR) is 53.0 cm³/mol. The first-order valence-corrected chi connectivity index (χ1v) is 4.60. The molecular weight excluding hydrogens is 180 g/mol. The number of pyridine rings is 1. The Hall–Kier alpha value is -1.42. The Balaban J connectivity index is 2.67. The van der Waals surface area contributed by atoms with Gasteiger partial charge in [0.05, 0.1) is 6.61 Å². The van der Waals surface area contributed by atoms with Crippen LogP contribution in [0.2, 0.25) is 0 Å². The van der Waals surface area contributed by atoms with Crippen molar-refractivity contribution in [2.24, 2.45) is 5.73 Å². The van der Waals surface area contributed by atoms with Gasteiger partial charge in [-0.05, 0) is 31.5 Å². The molecule has 1 aromatic heterocycles. The average molecular weight is 194 g/mol. The van der Waals surface area contributed by atoms with Gasteiger partial charge in [-0.15, -0.1) is 0 Å². The first-order chi connectivity index (χ1) is 6.77. The fourth-order valence-corrected chi connectivity index (χ4v) is 1.06. The standard InChI is InChI=1S/C10H14N2O2/c1-2-14-10(13)9-4-3-8(5-6-11)7-12-9/h3-4,7H,2,5-6,11H2,1H3. The van der Waals surface area contributed by atoms with Crippen molar-refractivity contribution in [1.29, 1.82) is 0 Å². The van der Waals surface area contributed by atoms with Crippen molar-refractivity contribution in [2.45, 2.75) is 13.3 Å². The van der Waals surface area contributed by atoms with Gasteiger partial charge in [0.25, 0.3) is 0 Å². The summed E-state index contributed by atoms with van der Waals surface area (Å²) in [4.78, 5) is 15.2. The smallest absolute Gasteiger partial charge is 0.356 e. The summed E-state index contributed by atoms with van der Waals surface area (Å²) >= 11 is 0. The van der Waals surface area contributed by atoms with E-state index in [1.807, 2.05) is 6.07 Å². The number of nitrogens with two attached hydrogens (primary N) is 1. The number of carbonyl (C=O) groups excluding carboxylic acids is 1. The molecule has 4 heteroatoms. The van der Waals surface area contributed by atoms with Crippen LogP contribution in [0.1, 0.15) is 23.0 Å². The molecule has 0 saturated heterocycles. The van der Waals surface area contributed by atoms with E-state index in [1.54, 1.807) is 19.2 Å². The molecule has 0 radical (unpaired) electrons. The molecule has 1 heterocycles. The van der Waals surface area contributed by atoms with Gasteiger partial charge in [-0.1, -0.05) is 6.07 Å². The third-order valence-corrected chi connectivity index (χ3v) is 1.74. The second-order valence-electron chi connectivity index (χ2n) is 2.81. The van der Waals surface area contributed by atoms with Crippen molar-refractivity contribution >= 4 is 5.97 Å². The highest BCUT2D eigenvalue weighted by Crippen LogP contribution is 2.02. The van der Waals surface area contributed by atoms with E-state index < -0.39 is 0 Å². The number of hydrogen-bond donors (Lipinski definition) is 1. The molecular formula is C10H14N2O2. The Morgan fingerprint density at radius 3 is 2.86 bits per heavy atom. The molecule has 1 rings (SSSR count). The van der Waals surface area contributed by atoms with E-state index in [9.17, 15) is 4.79 Å². The van der Waals surface area contributed by atoms with Crippen LogP contribution >= 0.6 is 0 Å². The van der Waals surface area contributed by atoms with Gasteiger partial charge in [-0.2, -0.15) is 0 Å². The lowest BCUT2D eigenvalue weighted by Gasteiger charge is -2.01. The van der Waals surface area contributed by atoms with Gasteiger partial charge in [0, 0.05) is 6.20 Å². The van der Waals surface area contributed by atoms with Crippen molar-refractivity contribution in [2.75, 3.05) is 13.2 Å². The van der Waals surface area contributed by atoms with Crippen LogP contribution in [0.3, 0.4) is 0 Å². The first-order valence-electron chi connectivity index (χ1n) is 4.60. The van der Waals surface area contributed by atoms with E-state index in [2.05, 4.69) is 4.98 Å². The maximum Gasteiger partial charge on any atom is 0.356 e. The number of esters is 1. The molecule has 0 atom stereocenters. The lowest BCUT2D eigenvalue weighted by molar-refractivity contribution is 0.0519. The fourth-order valence-electron chi connectivity index (χ4n) is 1.06. The van der Waals surface area contributed by atoms with Gasteiger partial charge in [0.1, 0.15) is 5.69 Å². The molecule has 0 saturated carbocycles. The van der Waals surface area contributed by atoms with Crippen molar-refractivity contribution in [3.05, 3.63) is 29.6 Å². The summed E-state index contributed by atoms with van der Waals surface area (Å²) < 4.78 is 4.80. The first kappa shape index (κ1) is 10.7. The van der Waals surface area contributed by atoms with Gasteiger partial charge >= 0.3 is 5.97 Å². The molecule has 0 bridgehead atoms. The minimum atomic E-state index is -0.383. The minimum Gasteiger partial charge on any atom is -0.461 e. The number of hydrogen-bond acceptors (Lipinski definition) is 4. The van der Waals surface area contributed by atoms with Crippen LogP contribution in [-0.4, -0.2) is 24.1 Å². The monoisotopic (exact) mass is 194 g/mol. The van der Waals surface area contributed by atoms with Crippen molar-refractivity contribution in [3.8, 4) is 0 Å². The molecule has 14 heavy (non-hydrogen) atoms. The summed E-state index contributed by atoms with van der Waals surface area (Å²) in [7, 11) is 0. The van der Waals surface area contributed by atoms with Gasteiger partial charge < -0.3 is 10.5 Å². The Kier molecular flexibility index (Phi) is 4.07. The third kappa shape index (κ3) is 2.81. The number of ether oxygens (including phenoxy) is 1. The van der Waals surface area contributed by atoms with Crippen LogP contribution in [0.4, 0.5) is 0 Å². The van der Waals surface area contributed by atoms with Gasteiger partial charge in [-0.25, -0.2) is 9.78 Å². The minimum absolute atomic E-state index is 0.340. The molecule has 0 aliphatic heterocycles. The highest BCUT2D eigenvalue weighted by atomic mass is 16.5. The third-order valence-electron chi connectivity index (χ3n) is 1.74. The molecule has 76 valence electrons. The topological polar surface area (TPSA) is 65.2 Å². The summed E-state index contributed by atoms with van der Waals surface area (Å²) in [5, 5.41) is 0. The highest BCUT2D eigenvalue weighted by Gasteiger charge is 2.06. The number of aromatic nitrogens is 1. The number of nitrogens with zero attached hydrogens (tertiary/aromatic N) is 1. The molecule has 4 nitrogen and oxygen atoms in total.